The summed E-state index contributed by atoms with van der Waals surface area (Å²) in [5.41, 5.74) is 0.903. The number of hydrogen-bond donors (Lipinski definition) is 1. The second-order valence-electron chi connectivity index (χ2n) is 6.44. The predicted octanol–water partition coefficient (Wildman–Crippen LogP) is 6.79. The third-order valence-electron chi connectivity index (χ3n) is 4.61. The lowest BCUT2D eigenvalue weighted by Crippen LogP contribution is -2.06. The highest BCUT2D eigenvalue weighted by Crippen LogP contribution is 2.41. The second kappa shape index (κ2) is 8.24. The van der Waals surface area contributed by atoms with E-state index >= 15 is 0 Å². The molecule has 5 nitrogen and oxygen atoms in total. The molecule has 0 atom stereocenters. The van der Waals surface area contributed by atoms with Gasteiger partial charge in [0.2, 0.25) is 0 Å². The molecular weight excluding hydrogens is 451 g/mol. The van der Waals surface area contributed by atoms with Gasteiger partial charge in [0.15, 0.2) is 11.5 Å². The molecule has 0 bridgehead atoms. The fraction of sp³-hybridized carbons (Fsp3) is 0.143. The Bertz CT molecular complexity index is 1260. The molecule has 0 aliphatic heterocycles. The number of benzene rings is 2. The zero-order valence-electron chi connectivity index (χ0n) is 16.2. The van der Waals surface area contributed by atoms with Gasteiger partial charge in [-0.25, -0.2) is 9.97 Å². The van der Waals surface area contributed by atoms with Crippen molar-refractivity contribution in [2.24, 2.45) is 0 Å². The van der Waals surface area contributed by atoms with Crippen LogP contribution in [0.1, 0.15) is 5.56 Å². The van der Waals surface area contributed by atoms with Crippen LogP contribution >= 0.6 is 22.9 Å². The molecule has 4 rings (SSSR count). The van der Waals surface area contributed by atoms with Gasteiger partial charge in [-0.15, -0.1) is 11.3 Å². The van der Waals surface area contributed by atoms with Crippen LogP contribution in [-0.2, 0) is 6.18 Å². The van der Waals surface area contributed by atoms with Crippen LogP contribution in [0.15, 0.2) is 48.1 Å². The Hall–Kier alpha value is -3.04. The fourth-order valence-electron chi connectivity index (χ4n) is 3.11. The van der Waals surface area contributed by atoms with Crippen molar-refractivity contribution in [1.29, 1.82) is 0 Å². The largest absolute Gasteiger partial charge is 0.493 e. The number of halogens is 4. The first-order valence-electron chi connectivity index (χ1n) is 8.90. The number of nitrogens with zero attached hydrogens (tertiary/aromatic N) is 2. The highest BCUT2D eigenvalue weighted by atomic mass is 35.5. The van der Waals surface area contributed by atoms with Crippen LogP contribution in [-0.4, -0.2) is 24.2 Å². The maximum Gasteiger partial charge on any atom is 0.416 e. The zero-order chi connectivity index (χ0) is 22.2. The summed E-state index contributed by atoms with van der Waals surface area (Å²) in [6.45, 7) is 0. The van der Waals surface area contributed by atoms with Gasteiger partial charge in [0.05, 0.1) is 35.9 Å². The van der Waals surface area contributed by atoms with Crippen molar-refractivity contribution in [3.05, 3.63) is 58.7 Å². The molecule has 160 valence electrons. The van der Waals surface area contributed by atoms with Crippen LogP contribution < -0.4 is 14.8 Å². The molecule has 0 fully saturated rings. The number of aromatic nitrogens is 2. The molecule has 2 heterocycles. The van der Waals surface area contributed by atoms with E-state index in [2.05, 4.69) is 15.3 Å². The number of fused-ring (bicyclic) bond motifs is 1. The molecule has 0 saturated carbocycles. The number of anilines is 2. The average Bonchev–Trinajstić information content (AvgIpc) is 3.19. The van der Waals surface area contributed by atoms with Crippen LogP contribution in [0.5, 0.6) is 11.5 Å². The van der Waals surface area contributed by atoms with Crippen molar-refractivity contribution in [1.82, 2.24) is 9.97 Å². The summed E-state index contributed by atoms with van der Waals surface area (Å²) in [6.07, 6.45) is -3.14. The highest BCUT2D eigenvalue weighted by molar-refractivity contribution is 7.17. The van der Waals surface area contributed by atoms with Crippen LogP contribution in [0.4, 0.5) is 24.7 Å². The Balaban J connectivity index is 1.82. The summed E-state index contributed by atoms with van der Waals surface area (Å²) in [5.74, 6) is 1.47. The van der Waals surface area contributed by atoms with Gasteiger partial charge >= 0.3 is 6.18 Å². The predicted molar refractivity (Wildman–Crippen MR) is 116 cm³/mol. The normalized spacial score (nSPS) is 11.5. The number of methoxy groups -OCH3 is 2. The van der Waals surface area contributed by atoms with E-state index in [-0.39, 0.29) is 10.7 Å². The minimum atomic E-state index is -4.49. The van der Waals surface area contributed by atoms with Gasteiger partial charge in [0.1, 0.15) is 17.0 Å². The Morgan fingerprint density at radius 1 is 1.00 bits per heavy atom. The quantitative estimate of drug-likeness (QED) is 0.351. The molecule has 0 aliphatic rings. The van der Waals surface area contributed by atoms with Gasteiger partial charge in [-0.2, -0.15) is 13.2 Å². The maximum atomic E-state index is 13.1. The summed E-state index contributed by atoms with van der Waals surface area (Å²) in [6, 6.07) is 8.54. The number of thiophene rings is 1. The van der Waals surface area contributed by atoms with Crippen LogP contribution in [0.2, 0.25) is 5.02 Å². The van der Waals surface area contributed by atoms with Gasteiger partial charge in [0, 0.05) is 10.9 Å². The summed E-state index contributed by atoms with van der Waals surface area (Å²) < 4.78 is 50.1. The van der Waals surface area contributed by atoms with Gasteiger partial charge < -0.3 is 14.8 Å². The standard InChI is InChI=1S/C21H15ClF3N3O2S/c1-29-16-6-3-11(7-17(16)30-2)13-9-31-20-18(13)19(26-10-27-20)28-15-8-12(21(23,24)25)4-5-14(15)22/h3-10H,1-2H3,(H,26,27,28). The Kier molecular flexibility index (Phi) is 5.63. The average molecular weight is 466 g/mol. The van der Waals surface area contributed by atoms with E-state index in [0.29, 0.717) is 27.5 Å². The summed E-state index contributed by atoms with van der Waals surface area (Å²) in [7, 11) is 3.09. The SMILES string of the molecule is COc1ccc(-c2csc3ncnc(Nc4cc(C(F)(F)F)ccc4Cl)c23)cc1OC. The lowest BCUT2D eigenvalue weighted by molar-refractivity contribution is -0.137. The van der Waals surface area contributed by atoms with Crippen LogP contribution in [0, 0.1) is 0 Å². The lowest BCUT2D eigenvalue weighted by atomic mass is 10.1. The van der Waals surface area contributed by atoms with Gasteiger partial charge in [0.25, 0.3) is 0 Å². The fourth-order valence-corrected chi connectivity index (χ4v) is 4.19. The molecule has 2 aromatic carbocycles. The summed E-state index contributed by atoms with van der Waals surface area (Å²) in [5, 5.41) is 5.65. The van der Waals surface area contributed by atoms with Gasteiger partial charge in [-0.1, -0.05) is 17.7 Å². The highest BCUT2D eigenvalue weighted by Gasteiger charge is 2.31. The zero-order valence-corrected chi connectivity index (χ0v) is 17.8. The molecule has 31 heavy (non-hydrogen) atoms. The second-order valence-corrected chi connectivity index (χ2v) is 7.70. The Labute approximate surface area is 184 Å². The minimum Gasteiger partial charge on any atom is -0.493 e. The van der Waals surface area contributed by atoms with Gasteiger partial charge in [-0.05, 0) is 35.9 Å². The number of rotatable bonds is 5. The van der Waals surface area contributed by atoms with Crippen molar-refractivity contribution >= 4 is 44.7 Å². The molecule has 0 amide bonds. The van der Waals surface area contributed by atoms with E-state index in [1.165, 1.54) is 23.7 Å². The smallest absolute Gasteiger partial charge is 0.416 e. The molecule has 0 radical (unpaired) electrons. The summed E-state index contributed by atoms with van der Waals surface area (Å²) in [4.78, 5) is 9.21. The Morgan fingerprint density at radius 3 is 2.48 bits per heavy atom. The molecular formula is C21H15ClF3N3O2S. The van der Waals surface area contributed by atoms with E-state index < -0.39 is 11.7 Å². The maximum absolute atomic E-state index is 13.1. The van der Waals surface area contributed by atoms with Crippen LogP contribution in [0.25, 0.3) is 21.3 Å². The first-order chi connectivity index (χ1) is 14.8. The third kappa shape index (κ3) is 4.11. The van der Waals surface area contributed by atoms with Crippen molar-refractivity contribution in [3.63, 3.8) is 0 Å². The summed E-state index contributed by atoms with van der Waals surface area (Å²) >= 11 is 7.54. The molecule has 1 N–H and O–H groups in total. The molecule has 0 aliphatic carbocycles. The minimum absolute atomic E-state index is 0.0981. The van der Waals surface area contributed by atoms with Crippen molar-refractivity contribution in [2.45, 2.75) is 6.18 Å². The van der Waals surface area contributed by atoms with Gasteiger partial charge in [-0.3, -0.25) is 0 Å². The van der Waals surface area contributed by atoms with Crippen molar-refractivity contribution in [2.75, 3.05) is 19.5 Å². The van der Waals surface area contributed by atoms with Crippen molar-refractivity contribution in [3.8, 4) is 22.6 Å². The van der Waals surface area contributed by atoms with Crippen molar-refractivity contribution < 1.29 is 22.6 Å². The first kappa shape index (κ1) is 21.2. The molecule has 4 aromatic rings. The lowest BCUT2D eigenvalue weighted by Gasteiger charge is -2.13. The van der Waals surface area contributed by atoms with E-state index in [4.69, 9.17) is 21.1 Å². The third-order valence-corrected chi connectivity index (χ3v) is 5.83. The Morgan fingerprint density at radius 2 is 1.77 bits per heavy atom. The number of hydrogen-bond acceptors (Lipinski definition) is 6. The molecule has 0 unspecified atom stereocenters. The van der Waals surface area contributed by atoms with Crippen LogP contribution in [0.3, 0.4) is 0 Å². The molecule has 10 heteroatoms. The monoisotopic (exact) mass is 465 g/mol. The molecule has 0 spiro atoms. The molecule has 2 aromatic heterocycles. The molecule has 0 saturated heterocycles. The number of nitrogens with one attached hydrogen (secondary N) is 1. The van der Waals surface area contributed by atoms with E-state index in [1.54, 1.807) is 20.3 Å². The number of ether oxygens (including phenoxy) is 2. The van der Waals surface area contributed by atoms with E-state index in [0.717, 1.165) is 23.3 Å². The number of alkyl halides is 3. The first-order valence-corrected chi connectivity index (χ1v) is 10.2. The van der Waals surface area contributed by atoms with E-state index in [1.807, 2.05) is 17.5 Å². The topological polar surface area (TPSA) is 56.3 Å². The van der Waals surface area contributed by atoms with E-state index in [9.17, 15) is 13.2 Å².